The Morgan fingerprint density at radius 3 is 1.57 bits per heavy atom. The Kier molecular flexibility index (Phi) is 8.44. The standard InChI is InChI=1S/C52H42N2/c1-37-12-11-17-45(34-37)54(47-32-33-49-48-18-9-10-19-50(48)52(2,3)51(49)36-47)44-29-24-39(25-30-44)21-20-38-22-27-43(28-23-38)53(42-15-5-4-6-16-42)46-31-26-40-13-7-8-14-41(40)35-46/h4-36H,1-3H3/b21-20+. The average Bonchev–Trinajstić information content (AvgIpc) is 3.44. The number of para-hydroxylation sites is 1. The largest absolute Gasteiger partial charge is 0.310 e. The number of hydrogen-bond donors (Lipinski definition) is 0. The van der Waals surface area contributed by atoms with Gasteiger partial charge in [0.05, 0.1) is 0 Å². The molecule has 0 fully saturated rings. The van der Waals surface area contributed by atoms with Crippen LogP contribution in [0.4, 0.5) is 34.1 Å². The maximum absolute atomic E-state index is 2.40. The normalized spacial score (nSPS) is 12.8. The van der Waals surface area contributed by atoms with Gasteiger partial charge in [0.1, 0.15) is 0 Å². The molecule has 2 heteroatoms. The van der Waals surface area contributed by atoms with Crippen LogP contribution in [0.25, 0.3) is 34.1 Å². The highest BCUT2D eigenvalue weighted by atomic mass is 15.1. The van der Waals surface area contributed by atoms with Gasteiger partial charge in [-0.3, -0.25) is 0 Å². The second kappa shape index (κ2) is 13.7. The van der Waals surface area contributed by atoms with Crippen LogP contribution < -0.4 is 9.80 Å². The van der Waals surface area contributed by atoms with E-state index in [0.717, 1.165) is 45.3 Å². The molecule has 9 rings (SSSR count). The summed E-state index contributed by atoms with van der Waals surface area (Å²) in [7, 11) is 0. The van der Waals surface area contributed by atoms with E-state index >= 15 is 0 Å². The highest BCUT2D eigenvalue weighted by Gasteiger charge is 2.35. The van der Waals surface area contributed by atoms with Gasteiger partial charge >= 0.3 is 0 Å². The minimum absolute atomic E-state index is 0.0661. The third-order valence-electron chi connectivity index (χ3n) is 10.9. The molecule has 8 aromatic rings. The van der Waals surface area contributed by atoms with Gasteiger partial charge < -0.3 is 9.80 Å². The van der Waals surface area contributed by atoms with Crippen LogP contribution in [-0.4, -0.2) is 0 Å². The van der Waals surface area contributed by atoms with E-state index in [-0.39, 0.29) is 5.41 Å². The van der Waals surface area contributed by atoms with Crippen LogP contribution in [0.2, 0.25) is 0 Å². The molecule has 0 aromatic heterocycles. The van der Waals surface area contributed by atoms with Gasteiger partial charge in [0.15, 0.2) is 0 Å². The molecule has 8 aromatic carbocycles. The molecule has 0 atom stereocenters. The minimum Gasteiger partial charge on any atom is -0.310 e. The lowest BCUT2D eigenvalue weighted by atomic mass is 9.82. The summed E-state index contributed by atoms with van der Waals surface area (Å²) in [6.45, 7) is 6.85. The summed E-state index contributed by atoms with van der Waals surface area (Å²) < 4.78 is 0. The lowest BCUT2D eigenvalue weighted by Gasteiger charge is -2.28. The second-order valence-corrected chi connectivity index (χ2v) is 14.8. The SMILES string of the molecule is Cc1cccc(N(c2ccc(/C=C/c3ccc(N(c4ccccc4)c4ccc5ccccc5c4)cc3)cc2)c2ccc3c(c2)C(C)(C)c2ccccc2-3)c1. The van der Waals surface area contributed by atoms with Crippen molar-refractivity contribution >= 4 is 57.0 Å². The summed E-state index contributed by atoms with van der Waals surface area (Å²) in [5.41, 5.74) is 15.7. The molecule has 2 nitrogen and oxygen atoms in total. The zero-order chi connectivity index (χ0) is 36.6. The monoisotopic (exact) mass is 694 g/mol. The predicted molar refractivity (Wildman–Crippen MR) is 231 cm³/mol. The van der Waals surface area contributed by atoms with E-state index < -0.39 is 0 Å². The summed E-state index contributed by atoms with van der Waals surface area (Å²) in [6, 6.07) is 68.1. The molecule has 54 heavy (non-hydrogen) atoms. The lowest BCUT2D eigenvalue weighted by molar-refractivity contribution is 0.660. The smallest absolute Gasteiger partial charge is 0.0468 e. The van der Waals surface area contributed by atoms with Gasteiger partial charge in [0, 0.05) is 39.5 Å². The van der Waals surface area contributed by atoms with E-state index in [2.05, 4.69) is 231 Å². The summed E-state index contributed by atoms with van der Waals surface area (Å²) in [4.78, 5) is 4.70. The third-order valence-corrected chi connectivity index (χ3v) is 10.9. The number of anilines is 6. The summed E-state index contributed by atoms with van der Waals surface area (Å²) in [5, 5.41) is 2.47. The van der Waals surface area contributed by atoms with Gasteiger partial charge in [-0.25, -0.2) is 0 Å². The predicted octanol–water partition coefficient (Wildman–Crippen LogP) is 14.6. The molecule has 0 saturated carbocycles. The molecule has 0 spiro atoms. The van der Waals surface area contributed by atoms with Crippen molar-refractivity contribution in [3.8, 4) is 11.1 Å². The van der Waals surface area contributed by atoms with Crippen LogP contribution in [0.5, 0.6) is 0 Å². The van der Waals surface area contributed by atoms with Gasteiger partial charge in [-0.15, -0.1) is 0 Å². The zero-order valence-corrected chi connectivity index (χ0v) is 30.9. The molecule has 0 bridgehead atoms. The Labute approximate surface area is 318 Å². The number of benzene rings is 8. The molecular formula is C52H42N2. The number of aryl methyl sites for hydroxylation is 1. The lowest BCUT2D eigenvalue weighted by Crippen LogP contribution is -2.16. The fourth-order valence-electron chi connectivity index (χ4n) is 8.05. The maximum Gasteiger partial charge on any atom is 0.0468 e. The molecule has 0 radical (unpaired) electrons. The van der Waals surface area contributed by atoms with Crippen molar-refractivity contribution in [1.82, 2.24) is 0 Å². The van der Waals surface area contributed by atoms with Gasteiger partial charge in [0.25, 0.3) is 0 Å². The van der Waals surface area contributed by atoms with Crippen molar-refractivity contribution in [2.75, 3.05) is 9.80 Å². The highest BCUT2D eigenvalue weighted by molar-refractivity contribution is 5.90. The van der Waals surface area contributed by atoms with Crippen LogP contribution in [0.3, 0.4) is 0 Å². The molecule has 0 saturated heterocycles. The van der Waals surface area contributed by atoms with Crippen molar-refractivity contribution in [3.63, 3.8) is 0 Å². The number of nitrogens with zero attached hydrogens (tertiary/aromatic N) is 2. The summed E-state index contributed by atoms with van der Waals surface area (Å²) in [5.74, 6) is 0. The molecule has 260 valence electrons. The molecule has 0 unspecified atom stereocenters. The van der Waals surface area contributed by atoms with Crippen LogP contribution in [0, 0.1) is 6.92 Å². The number of rotatable bonds is 8. The fraction of sp³-hybridized carbons (Fsp3) is 0.0769. The second-order valence-electron chi connectivity index (χ2n) is 14.8. The average molecular weight is 695 g/mol. The maximum atomic E-state index is 2.40. The number of fused-ring (bicyclic) bond motifs is 4. The Morgan fingerprint density at radius 2 is 0.870 bits per heavy atom. The van der Waals surface area contributed by atoms with Crippen LogP contribution in [0.1, 0.15) is 41.7 Å². The van der Waals surface area contributed by atoms with E-state index in [1.54, 1.807) is 0 Å². The first kappa shape index (κ1) is 33.2. The molecule has 0 heterocycles. The first-order valence-electron chi connectivity index (χ1n) is 18.8. The molecule has 0 aliphatic heterocycles. The Hall–Kier alpha value is -6.64. The molecule has 1 aliphatic rings. The first-order chi connectivity index (χ1) is 26.4. The Morgan fingerprint density at radius 1 is 0.370 bits per heavy atom. The minimum atomic E-state index is -0.0661. The summed E-state index contributed by atoms with van der Waals surface area (Å²) in [6.07, 6.45) is 4.39. The number of hydrogen-bond acceptors (Lipinski definition) is 2. The molecule has 1 aliphatic carbocycles. The van der Waals surface area contributed by atoms with E-state index in [0.29, 0.717) is 0 Å². The van der Waals surface area contributed by atoms with E-state index in [1.807, 2.05) is 0 Å². The quantitative estimate of drug-likeness (QED) is 0.146. The fourth-order valence-corrected chi connectivity index (χ4v) is 8.05. The Balaban J connectivity index is 0.997. The zero-order valence-electron chi connectivity index (χ0n) is 30.9. The van der Waals surface area contributed by atoms with Gasteiger partial charge in [-0.2, -0.15) is 0 Å². The summed E-state index contributed by atoms with van der Waals surface area (Å²) >= 11 is 0. The van der Waals surface area contributed by atoms with Crippen molar-refractivity contribution in [1.29, 1.82) is 0 Å². The van der Waals surface area contributed by atoms with Gasteiger partial charge in [0.2, 0.25) is 0 Å². The third kappa shape index (κ3) is 6.16. The van der Waals surface area contributed by atoms with Crippen LogP contribution in [-0.2, 0) is 5.41 Å². The van der Waals surface area contributed by atoms with Crippen molar-refractivity contribution in [2.45, 2.75) is 26.2 Å². The topological polar surface area (TPSA) is 6.48 Å². The molecular weight excluding hydrogens is 653 g/mol. The van der Waals surface area contributed by atoms with Gasteiger partial charge in [-0.05, 0) is 129 Å². The van der Waals surface area contributed by atoms with Crippen molar-refractivity contribution in [2.24, 2.45) is 0 Å². The molecule has 0 N–H and O–H groups in total. The van der Waals surface area contributed by atoms with Crippen LogP contribution >= 0.6 is 0 Å². The van der Waals surface area contributed by atoms with Crippen LogP contribution in [0.15, 0.2) is 188 Å². The Bertz CT molecular complexity index is 2630. The van der Waals surface area contributed by atoms with E-state index in [9.17, 15) is 0 Å². The van der Waals surface area contributed by atoms with Crippen molar-refractivity contribution in [3.05, 3.63) is 216 Å². The van der Waals surface area contributed by atoms with Crippen molar-refractivity contribution < 1.29 is 0 Å². The van der Waals surface area contributed by atoms with Gasteiger partial charge in [-0.1, -0.05) is 141 Å². The highest BCUT2D eigenvalue weighted by Crippen LogP contribution is 2.50. The first-order valence-corrected chi connectivity index (χ1v) is 18.8. The molecule has 0 amide bonds. The van der Waals surface area contributed by atoms with E-state index in [1.165, 1.54) is 38.6 Å². The van der Waals surface area contributed by atoms with E-state index in [4.69, 9.17) is 0 Å².